The molecule has 18 nitrogen and oxygen atoms in total. The first kappa shape index (κ1) is 55.9. The van der Waals surface area contributed by atoms with Gasteiger partial charge in [0.1, 0.15) is 61.0 Å². The molecule has 10 N–H and O–H groups in total. The average Bonchev–Trinajstić information content (AvgIpc) is 4.07. The highest BCUT2D eigenvalue weighted by Crippen LogP contribution is 2.68. The Morgan fingerprint density at radius 1 is 0.442 bits per heavy atom. The van der Waals surface area contributed by atoms with E-state index >= 15 is 26.3 Å². The molecule has 2 heterocycles. The van der Waals surface area contributed by atoms with Crippen LogP contribution in [0.15, 0.2) is 116 Å². The lowest BCUT2D eigenvalue weighted by atomic mass is 9.85. The number of aliphatic hydroxyl groups is 10. The Kier molecular flexibility index (Phi) is 13.9. The highest BCUT2D eigenvalue weighted by Gasteiger charge is 2.81. The lowest BCUT2D eigenvalue weighted by molar-refractivity contribution is -0.263. The summed E-state index contributed by atoms with van der Waals surface area (Å²) in [7, 11) is -9.97. The van der Waals surface area contributed by atoms with Crippen LogP contribution in [0, 0.1) is 0 Å². The monoisotopic (exact) mass is 1120 g/mol. The van der Waals surface area contributed by atoms with Gasteiger partial charge in [-0.15, -0.1) is 0 Å². The van der Waals surface area contributed by atoms with Crippen molar-refractivity contribution in [2.24, 2.45) is 0 Å². The van der Waals surface area contributed by atoms with Crippen molar-refractivity contribution in [3.8, 4) is 22.3 Å². The first-order chi connectivity index (χ1) is 35.9. The molecule has 0 bridgehead atoms. The summed E-state index contributed by atoms with van der Waals surface area (Å²) in [5.74, 6) is -20.4. The van der Waals surface area contributed by atoms with Crippen molar-refractivity contribution in [1.29, 1.82) is 0 Å². The molecule has 4 unspecified atom stereocenters. The fourth-order valence-corrected chi connectivity index (χ4v) is 14.2. The van der Waals surface area contributed by atoms with Gasteiger partial charge in [0.25, 0.3) is 0 Å². The topological polar surface area (TPSA) is 323 Å². The van der Waals surface area contributed by atoms with Crippen LogP contribution >= 0.6 is 0 Å². The molecule has 4 aromatic rings. The molecular formula is C51H46F6O18S2. The van der Waals surface area contributed by atoms with Gasteiger partial charge in [0.05, 0.1) is 30.7 Å². The molecule has 3 aliphatic carbocycles. The summed E-state index contributed by atoms with van der Waals surface area (Å²) in [6.07, 6.45) is -25.4. The number of esters is 2. The minimum Gasteiger partial charge on any atom is -0.453 e. The zero-order valence-electron chi connectivity index (χ0n) is 39.7. The van der Waals surface area contributed by atoms with E-state index in [2.05, 4.69) is 0 Å². The number of carbonyl (C=O) groups excluding carboxylic acids is 2. The number of benzene rings is 4. The summed E-state index contributed by atoms with van der Waals surface area (Å²) >= 11 is 0. The number of rotatable bonds is 10. The minimum absolute atomic E-state index is 0.00430. The number of carbonyl (C=O) groups is 2. The van der Waals surface area contributed by atoms with E-state index in [4.69, 9.17) is 9.47 Å². The molecule has 5 aliphatic rings. The molecule has 0 spiro atoms. The van der Waals surface area contributed by atoms with Gasteiger partial charge in [-0.1, -0.05) is 62.4 Å². The predicted octanol–water partition coefficient (Wildman–Crippen LogP) is 2.44. The first-order valence-electron chi connectivity index (χ1n) is 23.5. The largest absolute Gasteiger partial charge is 0.453 e. The van der Waals surface area contributed by atoms with Gasteiger partial charge in [-0.3, -0.25) is 0 Å². The lowest BCUT2D eigenvalue weighted by Gasteiger charge is -2.41. The summed E-state index contributed by atoms with van der Waals surface area (Å²) in [6.45, 7) is 2.29. The quantitative estimate of drug-likeness (QED) is 0.0805. The van der Waals surface area contributed by atoms with Crippen LogP contribution in [-0.4, -0.2) is 171 Å². The highest BCUT2D eigenvalue weighted by atomic mass is 32.2. The lowest BCUT2D eigenvalue weighted by Crippen LogP contribution is -2.64. The van der Waals surface area contributed by atoms with Crippen LogP contribution in [0.5, 0.6) is 0 Å². The third kappa shape index (κ3) is 8.29. The number of ether oxygens (including phenoxy) is 2. The van der Waals surface area contributed by atoms with Crippen molar-refractivity contribution in [2.45, 2.75) is 127 Å². The van der Waals surface area contributed by atoms with Gasteiger partial charge < -0.3 is 60.5 Å². The maximum atomic E-state index is 16.7. The summed E-state index contributed by atoms with van der Waals surface area (Å²) in [4.78, 5) is 22.5. The van der Waals surface area contributed by atoms with Crippen LogP contribution in [0.25, 0.3) is 33.4 Å². The van der Waals surface area contributed by atoms with Crippen LogP contribution in [0.2, 0.25) is 0 Å². The molecule has 26 heteroatoms. The molecule has 0 saturated heterocycles. The Labute approximate surface area is 432 Å². The highest BCUT2D eigenvalue weighted by molar-refractivity contribution is 7.96. The molecule has 2 fully saturated rings. The maximum Gasteiger partial charge on any atom is 0.380 e. The van der Waals surface area contributed by atoms with Crippen molar-refractivity contribution < 1.29 is 113 Å². The molecule has 77 heavy (non-hydrogen) atoms. The number of allylic oxidation sites excluding steroid dienone is 6. The van der Waals surface area contributed by atoms with Crippen LogP contribution < -0.4 is 0 Å². The zero-order chi connectivity index (χ0) is 56.5. The summed E-state index contributed by atoms with van der Waals surface area (Å²) in [6, 6.07) is 15.5. The first-order valence-corrected chi connectivity index (χ1v) is 26.4. The van der Waals surface area contributed by atoms with Gasteiger partial charge >= 0.3 is 29.7 Å². The summed E-state index contributed by atoms with van der Waals surface area (Å²) in [5, 5.41) is 101. The van der Waals surface area contributed by atoms with E-state index < -0.39 is 188 Å². The second kappa shape index (κ2) is 19.2. The van der Waals surface area contributed by atoms with Gasteiger partial charge in [-0.2, -0.15) is 26.3 Å². The van der Waals surface area contributed by atoms with Crippen molar-refractivity contribution in [3.63, 3.8) is 0 Å². The second-order valence-electron chi connectivity index (χ2n) is 19.0. The fraction of sp³-hybridized carbons (Fsp3) is 0.373. The molecule has 2 saturated carbocycles. The van der Waals surface area contributed by atoms with Crippen molar-refractivity contribution >= 4 is 42.8 Å². The fourth-order valence-electron chi connectivity index (χ4n) is 10.4. The average molecular weight is 1130 g/mol. The zero-order valence-corrected chi connectivity index (χ0v) is 41.4. The molecule has 2 aliphatic heterocycles. The normalized spacial score (nSPS) is 31.5. The summed E-state index contributed by atoms with van der Waals surface area (Å²) < 4.78 is 166. The molecule has 412 valence electrons. The van der Waals surface area contributed by atoms with E-state index in [0.29, 0.717) is 0 Å². The van der Waals surface area contributed by atoms with E-state index in [9.17, 15) is 77.5 Å². The molecular weight excluding hydrogens is 1080 g/mol. The van der Waals surface area contributed by atoms with Gasteiger partial charge in [0, 0.05) is 33.4 Å². The van der Waals surface area contributed by atoms with E-state index in [1.54, 1.807) is 0 Å². The number of alkyl halides is 6. The number of sulfone groups is 2. The van der Waals surface area contributed by atoms with Crippen LogP contribution in [-0.2, 0) is 29.1 Å². The number of fused-ring (bicyclic) bond motifs is 2. The molecule has 12 atom stereocenters. The van der Waals surface area contributed by atoms with E-state index in [1.807, 2.05) is 0 Å². The van der Waals surface area contributed by atoms with Gasteiger partial charge in [-0.25, -0.2) is 26.4 Å². The Morgan fingerprint density at radius 3 is 1.00 bits per heavy atom. The van der Waals surface area contributed by atoms with E-state index in [-0.39, 0.29) is 33.4 Å². The molecule has 0 aromatic heterocycles. The second-order valence-corrected chi connectivity index (χ2v) is 22.9. The maximum absolute atomic E-state index is 16.7. The van der Waals surface area contributed by atoms with Crippen LogP contribution in [0.1, 0.15) is 58.5 Å². The number of halogens is 6. The van der Waals surface area contributed by atoms with Gasteiger partial charge in [0.15, 0.2) is 12.2 Å². The van der Waals surface area contributed by atoms with Crippen LogP contribution in [0.3, 0.4) is 0 Å². The van der Waals surface area contributed by atoms with Crippen molar-refractivity contribution in [2.75, 3.05) is 0 Å². The minimum atomic E-state index is -6.28. The standard InChI is InChI=1S/C51H46F6O18S2/c1-3-27-31(25-15-13-23(17-29(25)76(27,70)71)19-5-9-21(10-6-19)47(68)74-45-41(64)37(60)35(58)38(61)42(45)65)33-34(50(54,55)51(56,57)49(33,52)53)32-26-16-14-24(18-30(26)77(72,73)28(32)4-2)20-7-11-22(12-8-20)48(69)75-46-43(66)39(62)36(59)40(63)44(46)67/h5-18,35-46,58-67H,3-4H2,1-2H3/t35?,36?,37-,38+,39-,40+,41+,42-,43+,44-,45?,46?. The smallest absolute Gasteiger partial charge is 0.380 e. The molecule has 4 aromatic carbocycles. The Hall–Kier alpha value is -5.88. The SMILES string of the molecule is CCC1=C(C2=C(C3=C(CC)S(=O)(=O)c4cc(-c5ccc(C(=O)OC6[C@@H](O)[C@H](O)C(O)[C@H](O)[C@H]6O)cc5)ccc43)C(F)(F)C(F)(F)C2(F)F)c2ccc(-c3ccc(C(=O)OC4[C@@H](O)[C@H](O)C(O)[C@H](O)[C@H]4O)cc3)cc2S1(=O)=O. The third-order valence-electron chi connectivity index (χ3n) is 14.6. The molecule has 0 radical (unpaired) electrons. The van der Waals surface area contributed by atoms with E-state index in [1.165, 1.54) is 24.3 Å². The predicted molar refractivity (Wildman–Crippen MR) is 253 cm³/mol. The Morgan fingerprint density at radius 2 is 0.714 bits per heavy atom. The molecule has 9 rings (SSSR count). The van der Waals surface area contributed by atoms with Crippen molar-refractivity contribution in [1.82, 2.24) is 0 Å². The third-order valence-corrected chi connectivity index (χ3v) is 18.8. The number of aliphatic hydroxyl groups excluding tert-OH is 10. The van der Waals surface area contributed by atoms with Gasteiger partial charge in [-0.05, 0) is 71.5 Å². The Bertz CT molecular complexity index is 3180. The Balaban J connectivity index is 1.08. The number of hydrogen-bond donors (Lipinski definition) is 10. The van der Waals surface area contributed by atoms with Gasteiger partial charge in [0.2, 0.25) is 19.7 Å². The number of hydrogen-bond acceptors (Lipinski definition) is 18. The van der Waals surface area contributed by atoms with Crippen LogP contribution in [0.4, 0.5) is 26.3 Å². The van der Waals surface area contributed by atoms with E-state index in [0.717, 1.165) is 74.5 Å². The summed E-state index contributed by atoms with van der Waals surface area (Å²) in [5.41, 5.74) is -8.32. The van der Waals surface area contributed by atoms with Crippen molar-refractivity contribution in [3.05, 3.63) is 128 Å². The molecule has 0 amide bonds.